The summed E-state index contributed by atoms with van der Waals surface area (Å²) in [7, 11) is -4.53. The molecule has 0 aliphatic rings. The van der Waals surface area contributed by atoms with Gasteiger partial charge >= 0.3 is 0 Å². The lowest BCUT2D eigenvalue weighted by Crippen LogP contribution is -2.12. The molecule has 0 saturated heterocycles. The van der Waals surface area contributed by atoms with Gasteiger partial charge in [0.05, 0.1) is 0 Å². The van der Waals surface area contributed by atoms with Crippen LogP contribution < -0.4 is 10.6 Å². The Kier molecular flexibility index (Phi) is 26.5. The lowest BCUT2D eigenvalue weighted by atomic mass is 10.0. The lowest BCUT2D eigenvalue weighted by molar-refractivity contribution is -0.117. The molecule has 304 valence electrons. The Morgan fingerprint density at radius 1 is 0.500 bits per heavy atom. The van der Waals surface area contributed by atoms with Crippen molar-refractivity contribution in [1.82, 2.24) is 0 Å². The van der Waals surface area contributed by atoms with Gasteiger partial charge in [-0.05, 0) is 48.2 Å². The fraction of sp³-hybridized carbons (Fsp3) is 0.652. The highest BCUT2D eigenvalue weighted by Gasteiger charge is 2.16. The number of carbonyl (C=O) groups is 2. The van der Waals surface area contributed by atoms with Crippen molar-refractivity contribution < 1.29 is 22.6 Å². The molecule has 2 amide bonds. The second-order valence-corrected chi connectivity index (χ2v) is 16.7. The maximum Gasteiger partial charge on any atom is 0.295 e. The van der Waals surface area contributed by atoms with Crippen molar-refractivity contribution in [3.63, 3.8) is 0 Å². The van der Waals surface area contributed by atoms with Crippen LogP contribution in [0.15, 0.2) is 47.4 Å². The summed E-state index contributed by atoms with van der Waals surface area (Å²) in [5.74, 6) is -0.158. The predicted molar refractivity (Wildman–Crippen MR) is 230 cm³/mol. The largest absolute Gasteiger partial charge is 0.326 e. The van der Waals surface area contributed by atoms with E-state index in [9.17, 15) is 22.6 Å². The molecule has 0 fully saturated rings. The van der Waals surface area contributed by atoms with Crippen LogP contribution in [-0.2, 0) is 19.7 Å². The molecule has 2 aromatic carbocycles. The molecule has 0 atom stereocenters. The second-order valence-electron chi connectivity index (χ2n) is 15.3. The average molecular weight is 767 g/mol. The average Bonchev–Trinajstić information content (AvgIpc) is 3.15. The summed E-state index contributed by atoms with van der Waals surface area (Å²) < 4.78 is 34.4. The highest BCUT2D eigenvalue weighted by atomic mass is 32.2. The molecule has 0 saturated carbocycles. The molecule has 2 rings (SSSR count). The highest BCUT2D eigenvalue weighted by Crippen LogP contribution is 2.24. The molecule has 7 nitrogen and oxygen atoms in total. The second kappa shape index (κ2) is 30.3. The Bertz CT molecular complexity index is 1420. The van der Waals surface area contributed by atoms with Crippen LogP contribution in [0.1, 0.15) is 205 Å². The maximum atomic E-state index is 12.6. The number of nitrogens with one attached hydrogen (secondary N) is 2. The fourth-order valence-corrected chi connectivity index (χ4v) is 7.60. The molecule has 0 radical (unpaired) electrons. The van der Waals surface area contributed by atoms with E-state index in [0.717, 1.165) is 37.7 Å². The Balaban J connectivity index is 1.67. The van der Waals surface area contributed by atoms with E-state index in [-0.39, 0.29) is 16.7 Å². The summed E-state index contributed by atoms with van der Waals surface area (Å²) in [4.78, 5) is 24.7. The summed E-state index contributed by atoms with van der Waals surface area (Å²) >= 11 is 0. The van der Waals surface area contributed by atoms with Gasteiger partial charge in [0.1, 0.15) is 4.90 Å². The molecular weight excluding hydrogens is 693 g/mol. The van der Waals surface area contributed by atoms with E-state index in [1.807, 2.05) is 24.3 Å². The van der Waals surface area contributed by atoms with Gasteiger partial charge in [-0.2, -0.15) is 8.42 Å². The van der Waals surface area contributed by atoms with E-state index >= 15 is 0 Å². The Labute approximate surface area is 329 Å². The minimum Gasteiger partial charge on any atom is -0.326 e. The van der Waals surface area contributed by atoms with E-state index in [1.165, 1.54) is 141 Å². The molecule has 2 aromatic rings. The van der Waals surface area contributed by atoms with Crippen LogP contribution in [0, 0.1) is 0 Å². The van der Waals surface area contributed by atoms with Crippen molar-refractivity contribution in [3.05, 3.63) is 53.6 Å². The molecule has 0 bridgehead atoms. The molecule has 54 heavy (non-hydrogen) atoms. The molecule has 0 aromatic heterocycles. The quantitative estimate of drug-likeness (QED) is 0.0380. The van der Waals surface area contributed by atoms with Gasteiger partial charge in [-0.15, -0.1) is 0 Å². The molecule has 8 heteroatoms. The van der Waals surface area contributed by atoms with Crippen molar-refractivity contribution in [2.75, 3.05) is 10.6 Å². The third-order valence-electron chi connectivity index (χ3n) is 10.2. The van der Waals surface area contributed by atoms with Gasteiger partial charge in [0.25, 0.3) is 10.1 Å². The Morgan fingerprint density at radius 2 is 0.852 bits per heavy atom. The van der Waals surface area contributed by atoms with Crippen molar-refractivity contribution in [3.8, 4) is 0 Å². The van der Waals surface area contributed by atoms with Gasteiger partial charge in [0.2, 0.25) is 11.8 Å². The zero-order valence-electron chi connectivity index (χ0n) is 34.0. The first-order valence-corrected chi connectivity index (χ1v) is 23.2. The van der Waals surface area contributed by atoms with Crippen LogP contribution in [0.5, 0.6) is 0 Å². The first kappa shape index (κ1) is 47.2. The zero-order valence-corrected chi connectivity index (χ0v) is 34.8. The van der Waals surface area contributed by atoms with E-state index in [2.05, 4.69) is 24.5 Å². The van der Waals surface area contributed by atoms with Gasteiger partial charge in [0, 0.05) is 24.2 Å². The standard InChI is InChI=1S/C46H74N2O5S/c1-3-5-7-9-11-13-15-17-19-21-23-25-27-29-45(49)47-42-36-32-40(33-37-42)31-34-41-35-38-43(39-44(41)54(51,52)53)48-46(50)30-28-26-24-22-20-18-16-14-12-10-8-6-4-2/h31-39H,3-30H2,1-2H3,(H,47,49)(H,48,50)(H,51,52,53)/b34-31+. The third kappa shape index (κ3) is 23.7. The van der Waals surface area contributed by atoms with Crippen LogP contribution in [0.25, 0.3) is 12.2 Å². The number of rotatable bonds is 33. The molecular formula is C46H74N2O5S. The van der Waals surface area contributed by atoms with Gasteiger partial charge in [-0.3, -0.25) is 14.1 Å². The summed E-state index contributed by atoms with van der Waals surface area (Å²) in [5, 5.41) is 5.75. The lowest BCUT2D eigenvalue weighted by Gasteiger charge is -2.09. The number of hydrogen-bond acceptors (Lipinski definition) is 4. The summed E-state index contributed by atoms with van der Waals surface area (Å²) in [6, 6.07) is 11.8. The first-order valence-electron chi connectivity index (χ1n) is 21.7. The predicted octanol–water partition coefficient (Wildman–Crippen LogP) is 13.9. The Morgan fingerprint density at radius 3 is 1.24 bits per heavy atom. The monoisotopic (exact) mass is 767 g/mol. The number of anilines is 2. The number of hydrogen-bond donors (Lipinski definition) is 3. The van der Waals surface area contributed by atoms with E-state index < -0.39 is 10.1 Å². The first-order chi connectivity index (χ1) is 26.2. The maximum absolute atomic E-state index is 12.6. The SMILES string of the molecule is CCCCCCCCCCCCCCCC(=O)Nc1ccc(/C=C/c2ccc(NC(=O)CCCCCCCCCCCCCCC)cc2S(=O)(=O)O)cc1. The summed E-state index contributed by atoms with van der Waals surface area (Å²) in [5.41, 5.74) is 2.16. The molecule has 0 aliphatic carbocycles. The molecule has 3 N–H and O–H groups in total. The number of amides is 2. The van der Waals surface area contributed by atoms with Crippen LogP contribution in [0.3, 0.4) is 0 Å². The molecule has 0 heterocycles. The third-order valence-corrected chi connectivity index (χ3v) is 11.1. The van der Waals surface area contributed by atoms with Crippen molar-refractivity contribution >= 4 is 45.5 Å². The van der Waals surface area contributed by atoms with E-state index in [0.29, 0.717) is 29.8 Å². The number of unbranched alkanes of at least 4 members (excludes halogenated alkanes) is 24. The van der Waals surface area contributed by atoms with Crippen LogP contribution >= 0.6 is 0 Å². The van der Waals surface area contributed by atoms with Gasteiger partial charge < -0.3 is 10.6 Å². The van der Waals surface area contributed by atoms with E-state index in [1.54, 1.807) is 24.3 Å². The smallest absolute Gasteiger partial charge is 0.295 e. The van der Waals surface area contributed by atoms with Gasteiger partial charge in [0.15, 0.2) is 0 Å². The van der Waals surface area contributed by atoms with Gasteiger partial charge in [-0.25, -0.2) is 0 Å². The number of carbonyl (C=O) groups excluding carboxylic acids is 2. The van der Waals surface area contributed by atoms with Crippen molar-refractivity contribution in [1.29, 1.82) is 0 Å². The van der Waals surface area contributed by atoms with E-state index in [4.69, 9.17) is 0 Å². The minimum absolute atomic E-state index is 0.00989. The molecule has 0 aliphatic heterocycles. The zero-order chi connectivity index (χ0) is 39.1. The normalized spacial score (nSPS) is 11.7. The fourth-order valence-electron chi connectivity index (χ4n) is 6.89. The molecule has 0 unspecified atom stereocenters. The number of benzene rings is 2. The van der Waals surface area contributed by atoms with Crippen molar-refractivity contribution in [2.45, 2.75) is 199 Å². The van der Waals surface area contributed by atoms with Crippen molar-refractivity contribution in [2.24, 2.45) is 0 Å². The van der Waals surface area contributed by atoms with Gasteiger partial charge in [-0.1, -0.05) is 198 Å². The minimum atomic E-state index is -4.53. The topological polar surface area (TPSA) is 113 Å². The summed E-state index contributed by atoms with van der Waals surface area (Å²) in [6.07, 6.45) is 36.9. The molecule has 0 spiro atoms. The van der Waals surface area contributed by atoms with Crippen LogP contribution in [0.2, 0.25) is 0 Å². The van der Waals surface area contributed by atoms with Crippen LogP contribution in [0.4, 0.5) is 11.4 Å². The highest BCUT2D eigenvalue weighted by molar-refractivity contribution is 7.86. The van der Waals surface area contributed by atoms with Crippen LogP contribution in [-0.4, -0.2) is 24.8 Å². The summed E-state index contributed by atoms with van der Waals surface area (Å²) in [6.45, 7) is 4.51. The Hall–Kier alpha value is -2.97.